The van der Waals surface area contributed by atoms with Crippen LogP contribution in [0.2, 0.25) is 0 Å². The maximum atomic E-state index is 12.9. The lowest BCUT2D eigenvalue weighted by atomic mass is 9.82. The van der Waals surface area contributed by atoms with E-state index in [-0.39, 0.29) is 91.6 Å². The average Bonchev–Trinajstić information content (AvgIpc) is 1.59. The molecule has 0 aromatic heterocycles. The highest BCUT2D eigenvalue weighted by molar-refractivity contribution is 5.93. The average molecular weight is 1290 g/mol. The monoisotopic (exact) mass is 1290 g/mol. The van der Waals surface area contributed by atoms with Gasteiger partial charge in [0, 0.05) is 33.1 Å². The topological polar surface area (TPSA) is 229 Å². The molecule has 0 spiro atoms. The molecule has 2 aliphatic rings. The Balaban J connectivity index is 0.000000885. The molecule has 0 N–H and O–H groups in total. The number of fused-ring (bicyclic) bond motifs is 6. The Kier molecular flexibility index (Phi) is 32.3. The molecule has 0 radical (unpaired) electrons. The van der Waals surface area contributed by atoms with Crippen LogP contribution in [0.5, 0.6) is 34.5 Å². The van der Waals surface area contributed by atoms with Crippen LogP contribution in [0, 0.1) is 0 Å². The van der Waals surface area contributed by atoms with E-state index in [0.717, 1.165) is 44.5 Å². The normalized spacial score (nSPS) is 11.4. The zero-order valence-electron chi connectivity index (χ0n) is 53.0. The predicted octanol–water partition coefficient (Wildman–Crippen LogP) is 16.8. The smallest absolute Gasteiger partial charge is 0.343 e. The van der Waals surface area contributed by atoms with Gasteiger partial charge in [-0.05, 0) is 169 Å². The molecule has 18 nitrogen and oxygen atoms in total. The largest absolute Gasteiger partial charge is 0.462 e. The fourth-order valence-electron chi connectivity index (χ4n) is 8.97. The number of esters is 8. The SMILES string of the molecule is C.C.C.C.C=C(C)C(=O)OCCC(=O)Oc1ccc2c(c1)C(C)(C)c1cc(OC(=O)CCOC(=O)C(=C)C)ccc1-2.C=C(C)C(=O)OCOc1ccc(C(=O)Oc2ccc3c(c2)C(C)(C)c2cc(OC(=O)c4ccc(OCOC(=O)C(=C)C)cc4)ccc2-3)cc1.CC.CC. The van der Waals surface area contributed by atoms with Crippen LogP contribution < -0.4 is 28.4 Å². The minimum atomic E-state index is -0.558. The van der Waals surface area contributed by atoms with Gasteiger partial charge in [-0.2, -0.15) is 0 Å². The Labute approximate surface area is 554 Å². The number of carbonyl (C=O) groups is 8. The Morgan fingerprint density at radius 3 is 0.830 bits per heavy atom. The Bertz CT molecular complexity index is 3480. The molecule has 0 atom stereocenters. The maximum Gasteiger partial charge on any atom is 0.343 e. The third-order valence-electron chi connectivity index (χ3n) is 13.6. The van der Waals surface area contributed by atoms with E-state index in [4.69, 9.17) is 47.4 Å². The third kappa shape index (κ3) is 21.4. The van der Waals surface area contributed by atoms with E-state index < -0.39 is 58.6 Å². The molecule has 0 amide bonds. The molecule has 6 aromatic rings. The van der Waals surface area contributed by atoms with Crippen LogP contribution in [0.3, 0.4) is 0 Å². The van der Waals surface area contributed by atoms with Gasteiger partial charge in [0.25, 0.3) is 0 Å². The third-order valence-corrected chi connectivity index (χ3v) is 13.6. The molecule has 0 bridgehead atoms. The summed E-state index contributed by atoms with van der Waals surface area (Å²) >= 11 is 0. The number of rotatable bonds is 22. The lowest BCUT2D eigenvalue weighted by Gasteiger charge is -2.22. The van der Waals surface area contributed by atoms with Gasteiger partial charge in [0.15, 0.2) is 0 Å². The fourth-order valence-corrected chi connectivity index (χ4v) is 8.97. The zero-order valence-corrected chi connectivity index (χ0v) is 53.0. The van der Waals surface area contributed by atoms with Crippen molar-refractivity contribution in [3.05, 3.63) is 203 Å². The van der Waals surface area contributed by atoms with Crippen LogP contribution in [0.4, 0.5) is 0 Å². The van der Waals surface area contributed by atoms with E-state index >= 15 is 0 Å². The molecule has 0 fully saturated rings. The van der Waals surface area contributed by atoms with Crippen molar-refractivity contribution in [2.75, 3.05) is 26.8 Å². The lowest BCUT2D eigenvalue weighted by Crippen LogP contribution is -2.17. The molecule has 18 heteroatoms. The Morgan fingerprint density at radius 2 is 0.574 bits per heavy atom. The number of ether oxygens (including phenoxy) is 10. The second-order valence-corrected chi connectivity index (χ2v) is 21.1. The van der Waals surface area contributed by atoms with Crippen molar-refractivity contribution in [3.63, 3.8) is 0 Å². The molecule has 6 aromatic carbocycles. The van der Waals surface area contributed by atoms with E-state index in [2.05, 4.69) is 26.3 Å². The lowest BCUT2D eigenvalue weighted by molar-refractivity contribution is -0.146. The molecule has 504 valence electrons. The first kappa shape index (κ1) is 81.7. The number of benzene rings is 6. The van der Waals surface area contributed by atoms with Crippen molar-refractivity contribution in [1.82, 2.24) is 0 Å². The van der Waals surface area contributed by atoms with Crippen molar-refractivity contribution in [3.8, 4) is 56.8 Å². The highest BCUT2D eigenvalue weighted by Gasteiger charge is 2.38. The van der Waals surface area contributed by atoms with Crippen LogP contribution in [0.1, 0.15) is 169 Å². The van der Waals surface area contributed by atoms with Crippen molar-refractivity contribution in [1.29, 1.82) is 0 Å². The molecular formula is C76H92O18. The molecule has 0 heterocycles. The molecule has 0 saturated heterocycles. The summed E-state index contributed by atoms with van der Waals surface area (Å²) in [7, 11) is 0. The van der Waals surface area contributed by atoms with E-state index in [1.54, 1.807) is 72.8 Å². The molecule has 8 rings (SSSR count). The molecule has 2 aliphatic carbocycles. The first-order valence-electron chi connectivity index (χ1n) is 28.9. The fraction of sp³-hybridized carbons (Fsp3) is 0.316. The van der Waals surface area contributed by atoms with Crippen LogP contribution in [-0.2, 0) is 58.5 Å². The first-order valence-corrected chi connectivity index (χ1v) is 28.9. The Morgan fingerprint density at radius 1 is 0.340 bits per heavy atom. The van der Waals surface area contributed by atoms with Gasteiger partial charge in [-0.25, -0.2) is 28.8 Å². The highest BCUT2D eigenvalue weighted by atomic mass is 16.7. The second-order valence-electron chi connectivity index (χ2n) is 21.1. The molecule has 0 aliphatic heterocycles. The van der Waals surface area contributed by atoms with E-state index in [1.807, 2.05) is 104 Å². The van der Waals surface area contributed by atoms with Gasteiger partial charge >= 0.3 is 47.8 Å². The standard InChI is InChI=1S/C39H34O10.C29H30O8.2C2H6.4CH4/c1-23(2)35(40)46-21-44-27-11-7-25(8-12-27)37(42)48-29-15-17-31-32-18-16-30(20-34(32)39(5,6)33(31)19-29)49-38(43)26-9-13-28(14-10-26)45-22-47-36(41)24(3)4;1-17(2)27(32)34-13-11-25(30)36-19-7-9-21-22-10-8-20(16-24(22)29(5,6)23(21)15-19)37-26(31)12-14-35-28(33)18(3)4;2*1-2;;;;/h7-20H,1,3,21-22H2,2,4-6H3;7-10,15-16H,1,3,11-14H2,2,4-6H3;2*1-2H3;4*1H4. The van der Waals surface area contributed by atoms with Gasteiger partial charge in [0.2, 0.25) is 13.6 Å². The van der Waals surface area contributed by atoms with Crippen molar-refractivity contribution < 1.29 is 85.7 Å². The number of carbonyl (C=O) groups excluding carboxylic acids is 8. The molecular weight excluding hydrogens is 1200 g/mol. The summed E-state index contributed by atoms with van der Waals surface area (Å²) in [5.74, 6) is -2.02. The van der Waals surface area contributed by atoms with Crippen LogP contribution in [0.25, 0.3) is 22.3 Å². The second kappa shape index (κ2) is 37.2. The van der Waals surface area contributed by atoms with Gasteiger partial charge in [0.1, 0.15) is 47.7 Å². The van der Waals surface area contributed by atoms with Crippen molar-refractivity contribution in [2.45, 2.75) is 136 Å². The summed E-state index contributed by atoms with van der Waals surface area (Å²) < 4.78 is 52.8. The van der Waals surface area contributed by atoms with E-state index in [9.17, 15) is 38.4 Å². The highest BCUT2D eigenvalue weighted by Crippen LogP contribution is 2.52. The molecule has 0 unspecified atom stereocenters. The summed E-state index contributed by atoms with van der Waals surface area (Å²) in [4.78, 5) is 96.2. The minimum absolute atomic E-state index is 0. The van der Waals surface area contributed by atoms with Gasteiger partial charge in [0.05, 0.1) is 24.0 Å². The van der Waals surface area contributed by atoms with Crippen LogP contribution in [0.15, 0.2) is 170 Å². The molecule has 0 saturated carbocycles. The van der Waals surface area contributed by atoms with Gasteiger partial charge < -0.3 is 47.4 Å². The Hall–Kier alpha value is -10.4. The summed E-state index contributed by atoms with van der Waals surface area (Å²) in [6, 6.07) is 34.3. The van der Waals surface area contributed by atoms with Gasteiger partial charge in [-0.15, -0.1) is 0 Å². The summed E-state index contributed by atoms with van der Waals surface area (Å²) in [6.45, 7) is 35.5. The van der Waals surface area contributed by atoms with E-state index in [0.29, 0.717) is 45.6 Å². The summed E-state index contributed by atoms with van der Waals surface area (Å²) in [6.07, 6.45) is -0.165. The first-order chi connectivity index (χ1) is 42.7. The molecule has 94 heavy (non-hydrogen) atoms. The summed E-state index contributed by atoms with van der Waals surface area (Å²) in [5.41, 5.74) is 8.48. The van der Waals surface area contributed by atoms with E-state index in [1.165, 1.54) is 27.7 Å². The van der Waals surface area contributed by atoms with Crippen LogP contribution in [-0.4, -0.2) is 74.6 Å². The summed E-state index contributed by atoms with van der Waals surface area (Å²) in [5, 5.41) is 0. The maximum absolute atomic E-state index is 12.9. The number of hydrogen-bond acceptors (Lipinski definition) is 18. The predicted molar refractivity (Wildman–Crippen MR) is 365 cm³/mol. The number of hydrogen-bond donors (Lipinski definition) is 0. The van der Waals surface area contributed by atoms with Gasteiger partial charge in [-0.1, -0.05) is 136 Å². The quantitative estimate of drug-likeness (QED) is 0.0202. The van der Waals surface area contributed by atoms with Crippen molar-refractivity contribution >= 4 is 47.8 Å². The van der Waals surface area contributed by atoms with Gasteiger partial charge in [-0.3, -0.25) is 9.59 Å². The zero-order chi connectivity index (χ0) is 66.6. The minimum Gasteiger partial charge on any atom is -0.462 e. The van der Waals surface area contributed by atoms with Crippen LogP contribution >= 0.6 is 0 Å². The van der Waals surface area contributed by atoms with Crippen molar-refractivity contribution in [2.24, 2.45) is 0 Å².